The number of benzene rings is 2. The Balaban J connectivity index is 2.13. The molecule has 1 fully saturated rings. The van der Waals surface area contributed by atoms with Crippen molar-refractivity contribution in [2.24, 2.45) is 16.7 Å². The van der Waals surface area contributed by atoms with E-state index >= 15 is 0 Å². The standard InChI is InChI=1S/C30H40/c1-7-28(4)20-14-19-26(28)27-23-16-11-10-15-22(23)21-30(6,29(5,8-2)9-3)25-18-13-12-17-24(25)27/h10-13,15-18,21,26H,7-9,14,19-20H2,1-6H3. The lowest BCUT2D eigenvalue weighted by atomic mass is 9.58. The lowest BCUT2D eigenvalue weighted by molar-refractivity contribution is 0.193. The van der Waals surface area contributed by atoms with Crippen LogP contribution in [-0.2, 0) is 5.41 Å². The van der Waals surface area contributed by atoms with Gasteiger partial charge in [-0.15, -0.1) is 0 Å². The highest BCUT2D eigenvalue weighted by Gasteiger charge is 2.46. The third-order valence-electron chi connectivity index (χ3n) is 9.52. The zero-order valence-corrected chi connectivity index (χ0v) is 20.0. The molecule has 1 saturated carbocycles. The zero-order valence-electron chi connectivity index (χ0n) is 20.0. The normalized spacial score (nSPS) is 28.5. The lowest BCUT2D eigenvalue weighted by Crippen LogP contribution is -2.41. The van der Waals surface area contributed by atoms with Crippen molar-refractivity contribution in [2.45, 2.75) is 85.5 Å². The lowest BCUT2D eigenvalue weighted by Gasteiger charge is -2.46. The summed E-state index contributed by atoms with van der Waals surface area (Å²) < 4.78 is 0. The van der Waals surface area contributed by atoms with Gasteiger partial charge in [0, 0.05) is 5.41 Å². The third kappa shape index (κ3) is 3.02. The van der Waals surface area contributed by atoms with Gasteiger partial charge in [0.1, 0.15) is 0 Å². The summed E-state index contributed by atoms with van der Waals surface area (Å²) in [6, 6.07) is 18.6. The minimum Gasteiger partial charge on any atom is -0.0658 e. The van der Waals surface area contributed by atoms with Gasteiger partial charge in [0.05, 0.1) is 0 Å². The highest BCUT2D eigenvalue weighted by molar-refractivity contribution is 5.76. The van der Waals surface area contributed by atoms with E-state index in [-0.39, 0.29) is 10.8 Å². The molecule has 0 amide bonds. The van der Waals surface area contributed by atoms with Crippen LogP contribution in [0.1, 0.15) is 91.2 Å². The molecule has 2 aliphatic rings. The second-order valence-corrected chi connectivity index (χ2v) is 10.6. The molecule has 3 unspecified atom stereocenters. The Hall–Kier alpha value is -1.82. The van der Waals surface area contributed by atoms with E-state index in [1.807, 2.05) is 0 Å². The van der Waals surface area contributed by atoms with Crippen molar-refractivity contribution in [3.8, 4) is 0 Å². The molecule has 2 aliphatic carbocycles. The zero-order chi connectivity index (χ0) is 21.6. The van der Waals surface area contributed by atoms with Gasteiger partial charge in [0.2, 0.25) is 0 Å². The highest BCUT2D eigenvalue weighted by atomic mass is 14.5. The number of fused-ring (bicyclic) bond motifs is 2. The molecule has 0 heteroatoms. The largest absolute Gasteiger partial charge is 0.0658 e. The number of hydrogen-bond donors (Lipinski definition) is 0. The number of hydrogen-bond acceptors (Lipinski definition) is 0. The van der Waals surface area contributed by atoms with E-state index in [9.17, 15) is 0 Å². The van der Waals surface area contributed by atoms with Crippen LogP contribution in [0.2, 0.25) is 0 Å². The maximum absolute atomic E-state index is 2.62. The van der Waals surface area contributed by atoms with Gasteiger partial charge in [0.25, 0.3) is 0 Å². The second kappa shape index (κ2) is 7.70. The molecule has 0 aliphatic heterocycles. The molecule has 0 radical (unpaired) electrons. The van der Waals surface area contributed by atoms with Crippen LogP contribution in [0.15, 0.2) is 48.5 Å². The van der Waals surface area contributed by atoms with Crippen LogP contribution in [0.3, 0.4) is 0 Å². The fourth-order valence-corrected chi connectivity index (χ4v) is 6.58. The molecule has 0 N–H and O–H groups in total. The van der Waals surface area contributed by atoms with Gasteiger partial charge >= 0.3 is 0 Å². The van der Waals surface area contributed by atoms with Gasteiger partial charge in [-0.05, 0) is 69.6 Å². The summed E-state index contributed by atoms with van der Waals surface area (Å²) in [5, 5.41) is 2.92. The summed E-state index contributed by atoms with van der Waals surface area (Å²) in [6.07, 6.45) is 10.3. The van der Waals surface area contributed by atoms with Crippen LogP contribution < -0.4 is 10.4 Å². The fraction of sp³-hybridized carbons (Fsp3) is 0.533. The minimum absolute atomic E-state index is 0.00612. The van der Waals surface area contributed by atoms with Crippen LogP contribution in [0.5, 0.6) is 0 Å². The first-order chi connectivity index (χ1) is 14.3. The minimum atomic E-state index is 0.00612. The topological polar surface area (TPSA) is 0 Å². The Morgan fingerprint density at radius 2 is 1.60 bits per heavy atom. The molecule has 0 heterocycles. The summed E-state index contributed by atoms with van der Waals surface area (Å²) >= 11 is 0. The molecule has 30 heavy (non-hydrogen) atoms. The highest BCUT2D eigenvalue weighted by Crippen LogP contribution is 2.54. The number of rotatable bonds is 5. The first-order valence-electron chi connectivity index (χ1n) is 12.3. The van der Waals surface area contributed by atoms with E-state index in [1.165, 1.54) is 60.1 Å². The van der Waals surface area contributed by atoms with Crippen molar-refractivity contribution in [1.29, 1.82) is 0 Å². The van der Waals surface area contributed by atoms with Crippen LogP contribution in [0.25, 0.3) is 11.6 Å². The molecular weight excluding hydrogens is 360 g/mol. The molecule has 0 aromatic heterocycles. The molecule has 2 aromatic carbocycles. The Labute approximate surface area is 184 Å². The molecule has 2 aromatic rings. The van der Waals surface area contributed by atoms with Crippen molar-refractivity contribution in [3.05, 3.63) is 70.1 Å². The monoisotopic (exact) mass is 400 g/mol. The van der Waals surface area contributed by atoms with E-state index in [0.29, 0.717) is 11.3 Å². The van der Waals surface area contributed by atoms with Gasteiger partial charge < -0.3 is 0 Å². The van der Waals surface area contributed by atoms with Gasteiger partial charge in [-0.25, -0.2) is 0 Å². The summed E-state index contributed by atoms with van der Waals surface area (Å²) in [5.41, 5.74) is 5.29. The molecule has 0 bridgehead atoms. The van der Waals surface area contributed by atoms with Crippen LogP contribution >= 0.6 is 0 Å². The molecule has 4 rings (SSSR count). The van der Waals surface area contributed by atoms with Crippen LogP contribution in [0, 0.1) is 16.7 Å². The smallest absolute Gasteiger partial charge is 0.0172 e. The van der Waals surface area contributed by atoms with Crippen molar-refractivity contribution in [1.82, 2.24) is 0 Å². The first kappa shape index (κ1) is 21.4. The molecular formula is C30H40. The molecule has 3 atom stereocenters. The predicted octanol–water partition coefficient (Wildman–Crippen LogP) is 6.98. The van der Waals surface area contributed by atoms with Gasteiger partial charge in [-0.3, -0.25) is 0 Å². The van der Waals surface area contributed by atoms with Crippen molar-refractivity contribution in [2.75, 3.05) is 0 Å². The first-order valence-corrected chi connectivity index (χ1v) is 12.3. The molecule has 160 valence electrons. The summed E-state index contributed by atoms with van der Waals surface area (Å²) in [5.74, 6) is 0.634. The van der Waals surface area contributed by atoms with E-state index in [4.69, 9.17) is 0 Å². The Kier molecular flexibility index (Phi) is 5.50. The van der Waals surface area contributed by atoms with Crippen molar-refractivity contribution >= 4 is 11.6 Å². The Bertz CT molecular complexity index is 1040. The maximum atomic E-state index is 2.62. The Morgan fingerprint density at radius 3 is 2.30 bits per heavy atom. The predicted molar refractivity (Wildman–Crippen MR) is 131 cm³/mol. The van der Waals surface area contributed by atoms with Crippen LogP contribution in [-0.4, -0.2) is 0 Å². The fourth-order valence-electron chi connectivity index (χ4n) is 6.58. The van der Waals surface area contributed by atoms with Gasteiger partial charge in [0.15, 0.2) is 0 Å². The van der Waals surface area contributed by atoms with Crippen LogP contribution in [0.4, 0.5) is 0 Å². The molecule has 0 saturated heterocycles. The van der Waals surface area contributed by atoms with E-state index < -0.39 is 0 Å². The summed E-state index contributed by atoms with van der Waals surface area (Å²) in [4.78, 5) is 0. The molecule has 0 spiro atoms. The quantitative estimate of drug-likeness (QED) is 0.508. The summed E-state index contributed by atoms with van der Waals surface area (Å²) in [6.45, 7) is 14.7. The van der Waals surface area contributed by atoms with Crippen molar-refractivity contribution < 1.29 is 0 Å². The second-order valence-electron chi connectivity index (χ2n) is 10.6. The average molecular weight is 401 g/mol. The summed E-state index contributed by atoms with van der Waals surface area (Å²) in [7, 11) is 0. The van der Waals surface area contributed by atoms with E-state index in [1.54, 1.807) is 5.57 Å². The van der Waals surface area contributed by atoms with E-state index in [2.05, 4.69) is 96.1 Å². The maximum Gasteiger partial charge on any atom is 0.0172 e. The van der Waals surface area contributed by atoms with E-state index in [0.717, 1.165) is 0 Å². The Morgan fingerprint density at radius 1 is 0.933 bits per heavy atom. The average Bonchev–Trinajstić information content (AvgIpc) is 3.11. The van der Waals surface area contributed by atoms with Crippen molar-refractivity contribution in [3.63, 3.8) is 0 Å². The van der Waals surface area contributed by atoms with Gasteiger partial charge in [-0.2, -0.15) is 0 Å². The third-order valence-corrected chi connectivity index (χ3v) is 9.52. The van der Waals surface area contributed by atoms with Gasteiger partial charge in [-0.1, -0.05) is 109 Å². The molecule has 0 nitrogen and oxygen atoms in total. The SMILES string of the molecule is CCC1(C)CCCC1C1=c2ccccc2=CC(C)(C(C)(CC)CC)c2ccccc21.